The van der Waals surface area contributed by atoms with Crippen molar-refractivity contribution in [2.24, 2.45) is 7.05 Å². The van der Waals surface area contributed by atoms with Gasteiger partial charge in [0.05, 0.1) is 0 Å². The molecule has 0 spiro atoms. The lowest BCUT2D eigenvalue weighted by Crippen LogP contribution is -2.29. The highest BCUT2D eigenvalue weighted by Gasteiger charge is 2.10. The second-order valence-electron chi connectivity index (χ2n) is 6.99. The predicted molar refractivity (Wildman–Crippen MR) is 127 cm³/mol. The minimum atomic E-state index is -0.166. The van der Waals surface area contributed by atoms with Crippen LogP contribution >= 0.6 is 0 Å². The number of aromatic nitrogens is 1. The van der Waals surface area contributed by atoms with E-state index in [1.54, 1.807) is 12.1 Å². The van der Waals surface area contributed by atoms with Crippen molar-refractivity contribution in [1.82, 2.24) is 9.88 Å². The zero-order valence-corrected chi connectivity index (χ0v) is 18.4. The Morgan fingerprint density at radius 3 is 2.50 bits per heavy atom. The van der Waals surface area contributed by atoms with Crippen molar-refractivity contribution in [2.45, 2.75) is 27.7 Å². The van der Waals surface area contributed by atoms with Crippen molar-refractivity contribution in [2.75, 3.05) is 0 Å². The first kappa shape index (κ1) is 22.8. The van der Waals surface area contributed by atoms with E-state index in [0.717, 1.165) is 32.8 Å². The van der Waals surface area contributed by atoms with Gasteiger partial charge in [0, 0.05) is 42.0 Å². The number of hydrogen-bond donors (Lipinski definition) is 2. The number of rotatable bonds is 6. The minimum Gasteiger partial charge on any atom is -0.508 e. The molecular weight excluding hydrogens is 372 g/mol. The third kappa shape index (κ3) is 5.51. The Hall–Kier alpha value is -3.53. The maximum Gasteiger partial charge on any atom is 0.221 e. The average molecular weight is 403 g/mol. The monoisotopic (exact) mass is 402 g/mol. The minimum absolute atomic E-state index is 0.166. The summed E-state index contributed by atoms with van der Waals surface area (Å²) in [6, 6.07) is 5.57. The summed E-state index contributed by atoms with van der Waals surface area (Å²) in [7, 11) is 1.97. The molecule has 2 rings (SSSR count). The van der Waals surface area contributed by atoms with Crippen LogP contribution in [0.1, 0.15) is 33.3 Å². The molecule has 4 heteroatoms. The first-order valence-electron chi connectivity index (χ1n) is 9.91. The van der Waals surface area contributed by atoms with Crippen molar-refractivity contribution < 1.29 is 9.90 Å². The van der Waals surface area contributed by atoms with Crippen LogP contribution < -0.4 is 15.9 Å². The molecule has 4 nitrogen and oxygen atoms in total. The number of amides is 1. The quantitative estimate of drug-likeness (QED) is 0.713. The molecule has 0 atom stereocenters. The zero-order chi connectivity index (χ0) is 22.3. The lowest BCUT2D eigenvalue weighted by molar-refractivity contribution is -0.118. The van der Waals surface area contributed by atoms with Crippen LogP contribution in [0.5, 0.6) is 5.75 Å². The molecule has 1 heterocycles. The van der Waals surface area contributed by atoms with Gasteiger partial charge < -0.3 is 15.0 Å². The van der Waals surface area contributed by atoms with Gasteiger partial charge in [-0.3, -0.25) is 4.79 Å². The molecule has 0 unspecified atom stereocenters. The van der Waals surface area contributed by atoms with E-state index < -0.39 is 0 Å². The summed E-state index contributed by atoms with van der Waals surface area (Å²) in [6.07, 6.45) is 15.8. The van der Waals surface area contributed by atoms with E-state index in [1.807, 2.05) is 81.1 Å². The van der Waals surface area contributed by atoms with Crippen molar-refractivity contribution in [1.29, 1.82) is 0 Å². The number of benzene rings is 1. The number of carbonyl (C=O) groups is 1. The fourth-order valence-electron chi connectivity index (χ4n) is 3.40. The number of hydrogen-bond acceptors (Lipinski definition) is 2. The largest absolute Gasteiger partial charge is 0.508 e. The number of nitrogens with one attached hydrogen (secondary N) is 1. The number of nitrogens with zero attached hydrogens (tertiary/aromatic N) is 1. The summed E-state index contributed by atoms with van der Waals surface area (Å²) in [5.74, 6) is 0.0276. The van der Waals surface area contributed by atoms with Gasteiger partial charge in [0.2, 0.25) is 5.91 Å². The van der Waals surface area contributed by atoms with Crippen LogP contribution in [0.3, 0.4) is 0 Å². The molecule has 0 aliphatic rings. The molecule has 0 bridgehead atoms. The second kappa shape index (κ2) is 10.3. The number of phenolic OH excluding ortho intramolecular Hbond substituents is 1. The summed E-state index contributed by atoms with van der Waals surface area (Å²) in [4.78, 5) is 11.4. The smallest absolute Gasteiger partial charge is 0.221 e. The Kier molecular flexibility index (Phi) is 7.82. The number of phenols is 1. The number of allylic oxidation sites excluding steroid dienone is 7. The maximum absolute atomic E-state index is 11.4. The van der Waals surface area contributed by atoms with Gasteiger partial charge in [-0.25, -0.2) is 0 Å². The van der Waals surface area contributed by atoms with E-state index in [2.05, 4.69) is 18.0 Å². The number of aryl methyl sites for hydroxylation is 1. The molecule has 0 fully saturated rings. The first-order valence-corrected chi connectivity index (χ1v) is 9.91. The zero-order valence-electron chi connectivity index (χ0n) is 18.4. The predicted octanol–water partition coefficient (Wildman–Crippen LogP) is 4.16. The van der Waals surface area contributed by atoms with Crippen LogP contribution in [0.15, 0.2) is 67.1 Å². The summed E-state index contributed by atoms with van der Waals surface area (Å²) in [5.41, 5.74) is 4.28. The van der Waals surface area contributed by atoms with Crippen LogP contribution in [0.2, 0.25) is 0 Å². The molecule has 0 saturated carbocycles. The maximum atomic E-state index is 11.4. The molecule has 1 aromatic carbocycles. The fraction of sp³-hybridized carbons (Fsp3) is 0.192. The van der Waals surface area contributed by atoms with Crippen molar-refractivity contribution >= 4 is 23.6 Å². The Bertz CT molecular complexity index is 1160. The summed E-state index contributed by atoms with van der Waals surface area (Å²) in [6.45, 7) is 11.3. The SMILES string of the molecule is C=C(/C=c1/c(-c2cc(O)cc(C(/C=C\C=C/C)=C/C)c2)cn(C)/c1=C/C)NC(C)=O. The molecule has 2 N–H and O–H groups in total. The van der Waals surface area contributed by atoms with Crippen molar-refractivity contribution in [3.63, 3.8) is 0 Å². The standard InChI is InChI=1S/C26H30N2O2/c1-7-10-11-12-20(8-2)21-14-22(16-23(30)15-21)25-17-28(6)26(9-3)24(25)13-18(4)27-19(5)29/h7-17,30H,4H2,1-3,5-6H3,(H,27,29)/b10-7-,12-11-,20-8+,24-13-,26-9+. The average Bonchev–Trinajstić information content (AvgIpc) is 2.99. The molecule has 0 radical (unpaired) electrons. The van der Waals surface area contributed by atoms with Crippen LogP contribution in [0, 0.1) is 0 Å². The van der Waals surface area contributed by atoms with Crippen LogP contribution in [-0.4, -0.2) is 15.6 Å². The molecule has 1 amide bonds. The van der Waals surface area contributed by atoms with Crippen LogP contribution in [-0.2, 0) is 11.8 Å². The van der Waals surface area contributed by atoms with E-state index in [-0.39, 0.29) is 11.7 Å². The highest BCUT2D eigenvalue weighted by Crippen LogP contribution is 2.28. The van der Waals surface area contributed by atoms with Gasteiger partial charge in [0.1, 0.15) is 5.75 Å². The lowest BCUT2D eigenvalue weighted by Gasteiger charge is -2.08. The Labute approximate surface area is 178 Å². The molecule has 30 heavy (non-hydrogen) atoms. The van der Waals surface area contributed by atoms with Gasteiger partial charge in [-0.1, -0.05) is 43.0 Å². The summed E-state index contributed by atoms with van der Waals surface area (Å²) in [5, 5.41) is 15.1. The molecule has 0 aliphatic carbocycles. The van der Waals surface area contributed by atoms with E-state index in [1.165, 1.54) is 6.92 Å². The van der Waals surface area contributed by atoms with Crippen molar-refractivity contribution in [3.05, 3.63) is 83.2 Å². The van der Waals surface area contributed by atoms with Crippen LogP contribution in [0.25, 0.3) is 28.9 Å². The van der Waals surface area contributed by atoms with Gasteiger partial charge in [-0.05, 0) is 61.7 Å². The van der Waals surface area contributed by atoms with Gasteiger partial charge in [-0.2, -0.15) is 0 Å². The summed E-state index contributed by atoms with van der Waals surface area (Å²) < 4.78 is 2.02. The second-order valence-corrected chi connectivity index (χ2v) is 6.99. The van der Waals surface area contributed by atoms with Gasteiger partial charge >= 0.3 is 0 Å². The third-order valence-electron chi connectivity index (χ3n) is 4.65. The Balaban J connectivity index is 2.71. The van der Waals surface area contributed by atoms with Gasteiger partial charge in [0.15, 0.2) is 0 Å². The first-order chi connectivity index (χ1) is 14.3. The highest BCUT2D eigenvalue weighted by atomic mass is 16.3. The number of aromatic hydroxyl groups is 1. The van der Waals surface area contributed by atoms with E-state index >= 15 is 0 Å². The van der Waals surface area contributed by atoms with E-state index in [4.69, 9.17) is 0 Å². The summed E-state index contributed by atoms with van der Waals surface area (Å²) >= 11 is 0. The Morgan fingerprint density at radius 2 is 1.90 bits per heavy atom. The van der Waals surface area contributed by atoms with Gasteiger partial charge in [0.25, 0.3) is 0 Å². The van der Waals surface area contributed by atoms with Gasteiger partial charge in [-0.15, -0.1) is 0 Å². The molecule has 0 aliphatic heterocycles. The van der Waals surface area contributed by atoms with Crippen molar-refractivity contribution in [3.8, 4) is 16.9 Å². The lowest BCUT2D eigenvalue weighted by atomic mass is 9.98. The fourth-order valence-corrected chi connectivity index (χ4v) is 3.40. The highest BCUT2D eigenvalue weighted by molar-refractivity contribution is 5.81. The normalized spacial score (nSPS) is 13.6. The molecule has 156 valence electrons. The molecular formula is C26H30N2O2. The van der Waals surface area contributed by atoms with E-state index in [0.29, 0.717) is 5.70 Å². The molecule has 1 aromatic heterocycles. The molecule has 2 aromatic rings. The van der Waals surface area contributed by atoms with Crippen LogP contribution in [0.4, 0.5) is 0 Å². The van der Waals surface area contributed by atoms with E-state index in [9.17, 15) is 9.90 Å². The molecule has 0 saturated heterocycles. The number of carbonyl (C=O) groups excluding carboxylic acids is 1. The Morgan fingerprint density at radius 1 is 1.17 bits per heavy atom. The third-order valence-corrected chi connectivity index (χ3v) is 4.65. The topological polar surface area (TPSA) is 54.3 Å².